The molecule has 25 heavy (non-hydrogen) atoms. The predicted molar refractivity (Wildman–Crippen MR) is 93.5 cm³/mol. The number of primary amides is 1. The van der Waals surface area contributed by atoms with Gasteiger partial charge < -0.3 is 37.1 Å². The molecule has 0 aromatic heterocycles. The highest BCUT2D eigenvalue weighted by atomic mass is 16.2. The monoisotopic (exact) mass is 362 g/mol. The molecular weight excluding hydrogens is 332 g/mol. The lowest BCUT2D eigenvalue weighted by Crippen LogP contribution is -2.44. The number of likely N-dealkylation sites (N-methyl/N-ethyl adjacent to an activating group) is 2. The molecule has 11 nitrogen and oxygen atoms in total. The Morgan fingerprint density at radius 3 is 1.44 bits per heavy atom. The van der Waals surface area contributed by atoms with E-state index >= 15 is 0 Å². The third-order valence-electron chi connectivity index (χ3n) is 1.98. The molecule has 0 bridgehead atoms. The zero-order valence-electron chi connectivity index (χ0n) is 15.2. The first kappa shape index (κ1) is 27.3. The Balaban J connectivity index is -0.000000588. The SMILES string of the molecule is CC.CNCC(=O)NCC(=O)NCC(=O)NCC(N)=O.CNCC=O. The minimum Gasteiger partial charge on any atom is -0.368 e. The second kappa shape index (κ2) is 21.5. The predicted octanol–water partition coefficient (Wildman–Crippen LogP) is -3.53. The number of nitrogens with two attached hydrogens (primary N) is 1. The molecule has 0 fully saturated rings. The lowest BCUT2D eigenvalue weighted by atomic mass is 10.4. The fourth-order valence-corrected chi connectivity index (χ4v) is 0.975. The van der Waals surface area contributed by atoms with Gasteiger partial charge in [-0.15, -0.1) is 0 Å². The molecule has 0 atom stereocenters. The Morgan fingerprint density at radius 2 is 1.16 bits per heavy atom. The largest absolute Gasteiger partial charge is 0.368 e. The molecule has 4 amide bonds. The van der Waals surface area contributed by atoms with E-state index in [4.69, 9.17) is 5.73 Å². The van der Waals surface area contributed by atoms with Crippen LogP contribution in [0.25, 0.3) is 0 Å². The number of aldehydes is 1. The molecule has 0 rings (SSSR count). The molecular formula is C14H30N6O5. The standard InChI is InChI=1S/C9H17N5O4.C3H7NO.C2H6/c1-11-3-7(16)13-5-9(18)14-4-8(17)12-2-6(10)15;1-4-2-3-5;1-2/h11H,2-5H2,1H3,(H2,10,15)(H,12,17)(H,13,16)(H,14,18);3-4H,2H2,1H3;1-2H3. The summed E-state index contributed by atoms with van der Waals surface area (Å²) in [4.78, 5) is 52.9. The number of nitrogens with one attached hydrogen (secondary N) is 5. The summed E-state index contributed by atoms with van der Waals surface area (Å²) in [5.74, 6) is -2.04. The van der Waals surface area contributed by atoms with Crippen LogP contribution in [0.15, 0.2) is 0 Å². The van der Waals surface area contributed by atoms with Crippen molar-refractivity contribution in [2.24, 2.45) is 5.73 Å². The molecule has 0 radical (unpaired) electrons. The van der Waals surface area contributed by atoms with Crippen molar-refractivity contribution in [2.75, 3.05) is 46.8 Å². The van der Waals surface area contributed by atoms with Crippen LogP contribution in [-0.2, 0) is 24.0 Å². The van der Waals surface area contributed by atoms with E-state index in [-0.39, 0.29) is 32.1 Å². The lowest BCUT2D eigenvalue weighted by molar-refractivity contribution is -0.128. The molecule has 0 saturated carbocycles. The van der Waals surface area contributed by atoms with E-state index in [1.807, 2.05) is 13.8 Å². The first-order valence-corrected chi connectivity index (χ1v) is 7.68. The average molecular weight is 362 g/mol. The van der Waals surface area contributed by atoms with E-state index in [0.29, 0.717) is 6.54 Å². The van der Waals surface area contributed by atoms with Crippen molar-refractivity contribution in [1.29, 1.82) is 0 Å². The third-order valence-corrected chi connectivity index (χ3v) is 1.98. The van der Waals surface area contributed by atoms with E-state index in [0.717, 1.165) is 6.29 Å². The second-order valence-electron chi connectivity index (χ2n) is 4.05. The summed E-state index contributed by atoms with van der Waals surface area (Å²) in [5.41, 5.74) is 4.81. The second-order valence-corrected chi connectivity index (χ2v) is 4.05. The maximum atomic E-state index is 11.2. The van der Waals surface area contributed by atoms with Crippen LogP contribution in [0, 0.1) is 0 Å². The Hall–Kier alpha value is -2.53. The van der Waals surface area contributed by atoms with Crippen LogP contribution >= 0.6 is 0 Å². The van der Waals surface area contributed by atoms with E-state index in [2.05, 4.69) is 26.6 Å². The average Bonchev–Trinajstić information content (AvgIpc) is 2.59. The van der Waals surface area contributed by atoms with Gasteiger partial charge in [-0.1, -0.05) is 13.8 Å². The van der Waals surface area contributed by atoms with Gasteiger partial charge in [0.2, 0.25) is 23.6 Å². The summed E-state index contributed by atoms with van der Waals surface area (Å²) >= 11 is 0. The molecule has 0 aliphatic carbocycles. The minimum absolute atomic E-state index is 0.104. The highest BCUT2D eigenvalue weighted by Gasteiger charge is 2.07. The van der Waals surface area contributed by atoms with Gasteiger partial charge in [0.05, 0.1) is 32.7 Å². The Bertz CT molecular complexity index is 403. The van der Waals surface area contributed by atoms with Gasteiger partial charge in [-0.05, 0) is 14.1 Å². The van der Waals surface area contributed by atoms with E-state index in [1.54, 1.807) is 14.1 Å². The fraction of sp³-hybridized carbons (Fsp3) is 0.643. The summed E-state index contributed by atoms with van der Waals surface area (Å²) in [5, 5.41) is 12.1. The molecule has 0 saturated heterocycles. The first-order valence-electron chi connectivity index (χ1n) is 7.68. The van der Waals surface area contributed by atoms with Crippen LogP contribution in [0.4, 0.5) is 0 Å². The molecule has 0 aliphatic heterocycles. The van der Waals surface area contributed by atoms with Crippen molar-refractivity contribution < 1.29 is 24.0 Å². The van der Waals surface area contributed by atoms with Gasteiger partial charge in [-0.3, -0.25) is 19.2 Å². The number of hydrogen-bond donors (Lipinski definition) is 6. The molecule has 0 aliphatic rings. The molecule has 0 unspecified atom stereocenters. The van der Waals surface area contributed by atoms with Crippen molar-refractivity contribution >= 4 is 29.9 Å². The number of carbonyl (C=O) groups is 5. The zero-order chi connectivity index (χ0) is 20.1. The van der Waals surface area contributed by atoms with Gasteiger partial charge in [-0.2, -0.15) is 0 Å². The lowest BCUT2D eigenvalue weighted by Gasteiger charge is -2.06. The Kier molecular flexibility index (Phi) is 23.5. The summed E-state index contributed by atoms with van der Waals surface area (Å²) in [6.45, 7) is 3.78. The highest BCUT2D eigenvalue weighted by molar-refractivity contribution is 5.89. The van der Waals surface area contributed by atoms with Crippen molar-refractivity contribution in [3.63, 3.8) is 0 Å². The van der Waals surface area contributed by atoms with Crippen molar-refractivity contribution in [3.8, 4) is 0 Å². The number of hydrogen-bond acceptors (Lipinski definition) is 7. The summed E-state index contributed by atoms with van der Waals surface area (Å²) in [6.07, 6.45) is 0.819. The molecule has 0 aromatic rings. The van der Waals surface area contributed by atoms with Gasteiger partial charge in [0.1, 0.15) is 6.29 Å². The Morgan fingerprint density at radius 1 is 0.760 bits per heavy atom. The quantitative estimate of drug-likeness (QED) is 0.218. The summed E-state index contributed by atoms with van der Waals surface area (Å²) in [6, 6.07) is 0. The highest BCUT2D eigenvalue weighted by Crippen LogP contribution is 1.69. The summed E-state index contributed by atoms with van der Waals surface area (Å²) in [7, 11) is 3.33. The van der Waals surface area contributed by atoms with Crippen LogP contribution in [0.3, 0.4) is 0 Å². The van der Waals surface area contributed by atoms with Crippen LogP contribution < -0.4 is 32.3 Å². The Labute approximate surface area is 147 Å². The van der Waals surface area contributed by atoms with Crippen molar-refractivity contribution in [2.45, 2.75) is 13.8 Å². The number of amides is 4. The summed E-state index contributed by atoms with van der Waals surface area (Å²) < 4.78 is 0. The first-order chi connectivity index (χ1) is 11.9. The van der Waals surface area contributed by atoms with Crippen LogP contribution in [-0.4, -0.2) is 76.7 Å². The molecule has 0 spiro atoms. The molecule has 146 valence electrons. The number of carbonyl (C=O) groups excluding carboxylic acids is 5. The molecule has 11 heteroatoms. The number of rotatable bonds is 10. The van der Waals surface area contributed by atoms with E-state index < -0.39 is 17.7 Å². The van der Waals surface area contributed by atoms with Crippen LogP contribution in [0.2, 0.25) is 0 Å². The van der Waals surface area contributed by atoms with E-state index in [1.165, 1.54) is 0 Å². The minimum atomic E-state index is -0.672. The third kappa shape index (κ3) is 26.7. The van der Waals surface area contributed by atoms with Gasteiger partial charge in [0, 0.05) is 0 Å². The van der Waals surface area contributed by atoms with Crippen molar-refractivity contribution in [1.82, 2.24) is 26.6 Å². The molecule has 0 aromatic carbocycles. The van der Waals surface area contributed by atoms with Crippen LogP contribution in [0.1, 0.15) is 13.8 Å². The van der Waals surface area contributed by atoms with Gasteiger partial charge in [-0.25, -0.2) is 0 Å². The van der Waals surface area contributed by atoms with Gasteiger partial charge in [0.15, 0.2) is 0 Å². The van der Waals surface area contributed by atoms with Gasteiger partial charge in [0.25, 0.3) is 0 Å². The van der Waals surface area contributed by atoms with E-state index in [9.17, 15) is 24.0 Å². The van der Waals surface area contributed by atoms with Crippen LogP contribution in [0.5, 0.6) is 0 Å². The normalized spacial score (nSPS) is 8.48. The fourth-order valence-electron chi connectivity index (χ4n) is 0.975. The van der Waals surface area contributed by atoms with Crippen molar-refractivity contribution in [3.05, 3.63) is 0 Å². The van der Waals surface area contributed by atoms with Gasteiger partial charge >= 0.3 is 0 Å². The maximum absolute atomic E-state index is 11.2. The smallest absolute Gasteiger partial charge is 0.239 e. The zero-order valence-corrected chi connectivity index (χ0v) is 15.2. The maximum Gasteiger partial charge on any atom is 0.239 e. The molecule has 7 N–H and O–H groups in total. The molecule has 0 heterocycles. The topological polar surface area (TPSA) is 172 Å².